The van der Waals surface area contributed by atoms with Crippen molar-refractivity contribution >= 4 is 23.4 Å². The van der Waals surface area contributed by atoms with Gasteiger partial charge in [0.15, 0.2) is 0 Å². The minimum Gasteiger partial charge on any atom is -0.480 e. The number of carboxylic acids is 1. The molecule has 0 aromatic heterocycles. The fourth-order valence-corrected chi connectivity index (χ4v) is 2.02. The Kier molecular flexibility index (Phi) is 3.74. The van der Waals surface area contributed by atoms with Gasteiger partial charge >= 0.3 is 12.0 Å². The van der Waals surface area contributed by atoms with Gasteiger partial charge in [0.1, 0.15) is 11.4 Å². The summed E-state index contributed by atoms with van der Waals surface area (Å²) in [5, 5.41) is 24.0. The minimum absolute atomic E-state index is 0.285. The fourth-order valence-electron chi connectivity index (χ4n) is 2.02. The summed E-state index contributed by atoms with van der Waals surface area (Å²) in [6.45, 7) is 0. The lowest BCUT2D eigenvalue weighted by atomic mass is 9.77. The Morgan fingerprint density at radius 1 is 1.38 bits per heavy atom. The van der Waals surface area contributed by atoms with Crippen LogP contribution in [0.15, 0.2) is 18.2 Å². The molecule has 0 heterocycles. The Morgan fingerprint density at radius 2 is 2.05 bits per heavy atom. The number of anilines is 1. The SMILES string of the molecule is O=C(Nc1cc([N+](=O)[O-])ccc1F)NC1(C(=O)O)CCC1. The van der Waals surface area contributed by atoms with E-state index in [2.05, 4.69) is 10.6 Å². The zero-order valence-electron chi connectivity index (χ0n) is 10.8. The van der Waals surface area contributed by atoms with Crippen molar-refractivity contribution in [3.63, 3.8) is 0 Å². The van der Waals surface area contributed by atoms with Crippen molar-refractivity contribution in [2.75, 3.05) is 5.32 Å². The molecule has 0 atom stereocenters. The molecule has 1 fully saturated rings. The van der Waals surface area contributed by atoms with Crippen LogP contribution in [-0.4, -0.2) is 27.6 Å². The first-order valence-corrected chi connectivity index (χ1v) is 6.10. The molecule has 2 amide bonds. The van der Waals surface area contributed by atoms with Crippen LogP contribution >= 0.6 is 0 Å². The number of urea groups is 1. The van der Waals surface area contributed by atoms with Crippen LogP contribution in [0.5, 0.6) is 0 Å². The highest BCUT2D eigenvalue weighted by atomic mass is 19.1. The molecule has 1 aliphatic rings. The summed E-state index contributed by atoms with van der Waals surface area (Å²) < 4.78 is 13.5. The zero-order chi connectivity index (χ0) is 15.6. The van der Waals surface area contributed by atoms with Crippen molar-refractivity contribution < 1.29 is 24.0 Å². The van der Waals surface area contributed by atoms with Crippen LogP contribution < -0.4 is 10.6 Å². The molecule has 0 aliphatic heterocycles. The van der Waals surface area contributed by atoms with Crippen molar-refractivity contribution in [3.05, 3.63) is 34.1 Å². The predicted octanol–water partition coefficient (Wildman–Crippen LogP) is 1.86. The van der Waals surface area contributed by atoms with Crippen molar-refractivity contribution in [1.82, 2.24) is 5.32 Å². The Morgan fingerprint density at radius 3 is 2.52 bits per heavy atom. The monoisotopic (exact) mass is 297 g/mol. The molecule has 112 valence electrons. The third-order valence-electron chi connectivity index (χ3n) is 3.38. The molecule has 1 aromatic carbocycles. The number of benzene rings is 1. The Balaban J connectivity index is 2.11. The van der Waals surface area contributed by atoms with E-state index < -0.39 is 28.3 Å². The first-order chi connectivity index (χ1) is 9.84. The van der Waals surface area contributed by atoms with Crippen molar-refractivity contribution in [3.8, 4) is 0 Å². The summed E-state index contributed by atoms with van der Waals surface area (Å²) >= 11 is 0. The maximum absolute atomic E-state index is 13.5. The van der Waals surface area contributed by atoms with E-state index in [9.17, 15) is 24.1 Å². The van der Waals surface area contributed by atoms with Gasteiger partial charge in [-0.15, -0.1) is 0 Å². The van der Waals surface area contributed by atoms with Crippen LogP contribution in [0.25, 0.3) is 0 Å². The molecular formula is C12H12FN3O5. The number of hydrogen-bond donors (Lipinski definition) is 3. The van der Waals surface area contributed by atoms with Gasteiger partial charge in [-0.05, 0) is 25.3 Å². The summed E-state index contributed by atoms with van der Waals surface area (Å²) in [6.07, 6.45) is 1.23. The average Bonchev–Trinajstić information content (AvgIpc) is 2.35. The first-order valence-electron chi connectivity index (χ1n) is 6.10. The average molecular weight is 297 g/mol. The van der Waals surface area contributed by atoms with E-state index in [4.69, 9.17) is 5.11 Å². The molecular weight excluding hydrogens is 285 g/mol. The molecule has 0 radical (unpaired) electrons. The van der Waals surface area contributed by atoms with Crippen LogP contribution in [0.1, 0.15) is 19.3 Å². The number of carbonyl (C=O) groups is 2. The highest BCUT2D eigenvalue weighted by molar-refractivity contribution is 5.94. The number of nitro benzene ring substituents is 1. The molecule has 0 saturated heterocycles. The van der Waals surface area contributed by atoms with Gasteiger partial charge in [0.2, 0.25) is 0 Å². The van der Waals surface area contributed by atoms with E-state index in [0.29, 0.717) is 6.42 Å². The molecule has 0 spiro atoms. The lowest BCUT2D eigenvalue weighted by molar-refractivity contribution is -0.384. The standard InChI is InChI=1S/C12H12FN3O5/c13-8-3-2-7(16(20)21)6-9(8)14-11(19)15-12(10(17)18)4-1-5-12/h2-3,6H,1,4-5H2,(H,17,18)(H2,14,15,19). The molecule has 3 N–H and O–H groups in total. The van der Waals surface area contributed by atoms with Crippen LogP contribution in [0.3, 0.4) is 0 Å². The van der Waals surface area contributed by atoms with Gasteiger partial charge in [-0.3, -0.25) is 10.1 Å². The van der Waals surface area contributed by atoms with E-state index in [0.717, 1.165) is 18.2 Å². The fraction of sp³-hybridized carbons (Fsp3) is 0.333. The van der Waals surface area contributed by atoms with Gasteiger partial charge in [0.25, 0.3) is 5.69 Å². The van der Waals surface area contributed by atoms with Crippen LogP contribution in [0, 0.1) is 15.9 Å². The maximum Gasteiger partial charge on any atom is 0.329 e. The maximum atomic E-state index is 13.5. The normalized spacial score (nSPS) is 15.7. The molecule has 9 heteroatoms. The van der Waals surface area contributed by atoms with Crippen molar-refractivity contribution in [2.45, 2.75) is 24.8 Å². The number of carboxylic acid groups (broad SMARTS) is 1. The highest BCUT2D eigenvalue weighted by Gasteiger charge is 2.45. The molecule has 8 nitrogen and oxygen atoms in total. The highest BCUT2D eigenvalue weighted by Crippen LogP contribution is 2.32. The minimum atomic E-state index is -1.35. The van der Waals surface area contributed by atoms with Crippen LogP contribution in [0.2, 0.25) is 0 Å². The second kappa shape index (κ2) is 5.35. The Labute approximate surface area is 118 Å². The molecule has 1 aromatic rings. The number of hydrogen-bond acceptors (Lipinski definition) is 4. The Bertz CT molecular complexity index is 615. The summed E-state index contributed by atoms with van der Waals surface area (Å²) in [7, 11) is 0. The number of amides is 2. The third kappa shape index (κ3) is 2.91. The summed E-state index contributed by atoms with van der Waals surface area (Å²) in [5.41, 5.74) is -2.12. The van der Waals surface area contributed by atoms with Gasteiger partial charge < -0.3 is 15.7 Å². The topological polar surface area (TPSA) is 122 Å². The van der Waals surface area contributed by atoms with Crippen LogP contribution in [-0.2, 0) is 4.79 Å². The van der Waals surface area contributed by atoms with Gasteiger partial charge in [0.05, 0.1) is 10.6 Å². The largest absolute Gasteiger partial charge is 0.480 e. The summed E-state index contributed by atoms with van der Waals surface area (Å²) in [4.78, 5) is 32.7. The van der Waals surface area contributed by atoms with Crippen LogP contribution in [0.4, 0.5) is 20.6 Å². The van der Waals surface area contributed by atoms with E-state index in [1.54, 1.807) is 0 Å². The second-order valence-electron chi connectivity index (χ2n) is 4.74. The molecule has 2 rings (SSSR count). The smallest absolute Gasteiger partial charge is 0.329 e. The van der Waals surface area contributed by atoms with Crippen molar-refractivity contribution in [1.29, 1.82) is 0 Å². The molecule has 1 aliphatic carbocycles. The zero-order valence-corrected chi connectivity index (χ0v) is 10.8. The molecule has 1 saturated carbocycles. The number of nitrogens with one attached hydrogen (secondary N) is 2. The van der Waals surface area contributed by atoms with E-state index in [-0.39, 0.29) is 24.2 Å². The van der Waals surface area contributed by atoms with E-state index >= 15 is 0 Å². The number of non-ortho nitro benzene ring substituents is 1. The van der Waals surface area contributed by atoms with Gasteiger partial charge in [0, 0.05) is 12.1 Å². The quantitative estimate of drug-likeness (QED) is 0.578. The number of rotatable bonds is 4. The lowest BCUT2D eigenvalue weighted by Crippen LogP contribution is -2.60. The molecule has 0 unspecified atom stereocenters. The molecule has 21 heavy (non-hydrogen) atoms. The van der Waals surface area contributed by atoms with E-state index in [1.165, 1.54) is 0 Å². The van der Waals surface area contributed by atoms with Crippen molar-refractivity contribution in [2.24, 2.45) is 0 Å². The lowest BCUT2D eigenvalue weighted by Gasteiger charge is -2.38. The number of nitrogens with zero attached hydrogens (tertiary/aromatic N) is 1. The number of aliphatic carboxylic acids is 1. The second-order valence-corrected chi connectivity index (χ2v) is 4.74. The number of nitro groups is 1. The number of carbonyl (C=O) groups excluding carboxylic acids is 1. The van der Waals surface area contributed by atoms with Gasteiger partial charge in [-0.25, -0.2) is 14.0 Å². The van der Waals surface area contributed by atoms with Gasteiger partial charge in [-0.1, -0.05) is 0 Å². The Hall–Kier alpha value is -2.71. The summed E-state index contributed by atoms with van der Waals surface area (Å²) in [6, 6.07) is 1.76. The van der Waals surface area contributed by atoms with E-state index in [1.807, 2.05) is 0 Å². The van der Waals surface area contributed by atoms with Gasteiger partial charge in [-0.2, -0.15) is 0 Å². The number of halogens is 1. The molecule has 0 bridgehead atoms. The third-order valence-corrected chi connectivity index (χ3v) is 3.38. The summed E-state index contributed by atoms with van der Waals surface area (Å²) in [5.74, 6) is -2.02. The first kappa shape index (κ1) is 14.7. The predicted molar refractivity (Wildman–Crippen MR) is 69.4 cm³/mol.